The van der Waals surface area contributed by atoms with E-state index in [2.05, 4.69) is 0 Å². The molecule has 0 aromatic heterocycles. The maximum Gasteiger partial charge on any atom is 0.339 e. The molecule has 124 valence electrons. The van der Waals surface area contributed by atoms with Crippen LogP contribution in [0.3, 0.4) is 0 Å². The summed E-state index contributed by atoms with van der Waals surface area (Å²) >= 11 is 0. The zero-order valence-corrected chi connectivity index (χ0v) is 13.5. The van der Waals surface area contributed by atoms with Crippen LogP contribution < -0.4 is 0 Å². The highest BCUT2D eigenvalue weighted by Gasteiger charge is 2.26. The lowest BCUT2D eigenvalue weighted by Crippen LogP contribution is -2.32. The first-order valence-electron chi connectivity index (χ1n) is 7.87. The molecule has 0 aliphatic heterocycles. The Morgan fingerprint density at radius 2 is 1.46 bits per heavy atom. The number of aliphatic hydroxyl groups excluding tert-OH is 2. The van der Waals surface area contributed by atoms with Gasteiger partial charge in [0.15, 0.2) is 0 Å². The van der Waals surface area contributed by atoms with Crippen LogP contribution in [-0.4, -0.2) is 36.0 Å². The molecule has 3 aromatic carbocycles. The van der Waals surface area contributed by atoms with Gasteiger partial charge in [-0.3, -0.25) is 0 Å². The van der Waals surface area contributed by atoms with E-state index in [1.54, 1.807) is 6.92 Å². The molecule has 0 spiro atoms. The van der Waals surface area contributed by atoms with E-state index in [9.17, 15) is 15.0 Å². The van der Waals surface area contributed by atoms with Crippen LogP contribution in [0.5, 0.6) is 0 Å². The summed E-state index contributed by atoms with van der Waals surface area (Å²) in [6.45, 7) is 1.11. The molecule has 0 radical (unpaired) electrons. The quantitative estimate of drug-likeness (QED) is 0.559. The number of rotatable bonds is 5. The van der Waals surface area contributed by atoms with Gasteiger partial charge in [-0.15, -0.1) is 0 Å². The maximum absolute atomic E-state index is 12.8. The molecule has 24 heavy (non-hydrogen) atoms. The Hall–Kier alpha value is -2.43. The molecule has 2 N–H and O–H groups in total. The minimum Gasteiger partial charge on any atom is -0.461 e. The number of fused-ring (bicyclic) bond motifs is 2. The molecular formula is C20H20O4. The highest BCUT2D eigenvalue weighted by molar-refractivity contribution is 6.16. The lowest BCUT2D eigenvalue weighted by atomic mass is 9.94. The number of benzene rings is 3. The molecule has 0 saturated carbocycles. The third-order valence-electron chi connectivity index (χ3n) is 4.29. The van der Waals surface area contributed by atoms with Crippen molar-refractivity contribution in [2.75, 3.05) is 19.8 Å². The first-order valence-corrected chi connectivity index (χ1v) is 7.87. The largest absolute Gasteiger partial charge is 0.461 e. The normalized spacial score (nSPS) is 11.8. The topological polar surface area (TPSA) is 66.8 Å². The third-order valence-corrected chi connectivity index (χ3v) is 4.29. The molecule has 0 aliphatic carbocycles. The van der Waals surface area contributed by atoms with Gasteiger partial charge >= 0.3 is 5.97 Å². The summed E-state index contributed by atoms with van der Waals surface area (Å²) < 4.78 is 5.43. The van der Waals surface area contributed by atoms with Crippen molar-refractivity contribution in [2.24, 2.45) is 5.41 Å². The standard InChI is InChI=1S/C20H20O4/c1-20(11-21,12-22)13-24-19(23)18-16-8-4-2-6-14(16)10-15-7-3-5-9-17(15)18/h2-10,21-22H,11-13H2,1H3. The van der Waals surface area contributed by atoms with Gasteiger partial charge < -0.3 is 14.9 Å². The van der Waals surface area contributed by atoms with Crippen molar-refractivity contribution in [3.05, 3.63) is 60.2 Å². The molecule has 0 bridgehead atoms. The third kappa shape index (κ3) is 2.98. The first kappa shape index (κ1) is 16.4. The molecule has 0 unspecified atom stereocenters. The Kier molecular flexibility index (Phi) is 4.51. The van der Waals surface area contributed by atoms with E-state index in [1.807, 2.05) is 54.6 Å². The van der Waals surface area contributed by atoms with Crippen molar-refractivity contribution in [1.82, 2.24) is 0 Å². The van der Waals surface area contributed by atoms with Crippen LogP contribution in [0, 0.1) is 5.41 Å². The van der Waals surface area contributed by atoms with Crippen LogP contribution in [0.15, 0.2) is 54.6 Å². The van der Waals surface area contributed by atoms with Crippen molar-refractivity contribution in [3.8, 4) is 0 Å². The minimum atomic E-state index is -0.851. The predicted octanol–water partition coefficient (Wildman–Crippen LogP) is 3.14. The smallest absolute Gasteiger partial charge is 0.339 e. The SMILES string of the molecule is CC(CO)(CO)COC(=O)c1c2ccccc2cc2ccccc12. The molecule has 0 atom stereocenters. The number of hydrogen-bond donors (Lipinski definition) is 2. The Morgan fingerprint density at radius 3 is 1.96 bits per heavy atom. The highest BCUT2D eigenvalue weighted by atomic mass is 16.5. The van der Waals surface area contributed by atoms with Gasteiger partial charge in [-0.2, -0.15) is 0 Å². The van der Waals surface area contributed by atoms with Crippen LogP contribution in [-0.2, 0) is 4.74 Å². The number of esters is 1. The van der Waals surface area contributed by atoms with E-state index in [-0.39, 0.29) is 19.8 Å². The van der Waals surface area contributed by atoms with Crippen LogP contribution in [0.1, 0.15) is 17.3 Å². The van der Waals surface area contributed by atoms with Gasteiger partial charge in [0.1, 0.15) is 6.61 Å². The molecule has 0 amide bonds. The van der Waals surface area contributed by atoms with E-state index in [4.69, 9.17) is 4.74 Å². The summed E-state index contributed by atoms with van der Waals surface area (Å²) in [4.78, 5) is 12.8. The fourth-order valence-electron chi connectivity index (χ4n) is 2.69. The van der Waals surface area contributed by atoms with Crippen LogP contribution in [0.2, 0.25) is 0 Å². The molecule has 0 saturated heterocycles. The Morgan fingerprint density at radius 1 is 0.958 bits per heavy atom. The van der Waals surface area contributed by atoms with Gasteiger partial charge in [-0.05, 0) is 27.6 Å². The van der Waals surface area contributed by atoms with Crippen molar-refractivity contribution in [2.45, 2.75) is 6.92 Å². The molecule has 3 aromatic rings. The molecule has 3 rings (SSSR count). The Balaban J connectivity index is 2.07. The average molecular weight is 324 g/mol. The van der Waals surface area contributed by atoms with Crippen LogP contribution in [0.4, 0.5) is 0 Å². The molecule has 0 aliphatic rings. The zero-order valence-electron chi connectivity index (χ0n) is 13.5. The summed E-state index contributed by atoms with van der Waals surface area (Å²) in [5.41, 5.74) is -0.335. The Bertz CT molecular complexity index is 827. The number of ether oxygens (including phenoxy) is 1. The zero-order chi connectivity index (χ0) is 17.2. The van der Waals surface area contributed by atoms with Crippen molar-refractivity contribution < 1.29 is 19.7 Å². The Labute approximate surface area is 140 Å². The van der Waals surface area contributed by atoms with Gasteiger partial charge in [0.05, 0.1) is 18.8 Å². The van der Waals surface area contributed by atoms with Gasteiger partial charge in [0.25, 0.3) is 0 Å². The maximum atomic E-state index is 12.8. The number of aliphatic hydroxyl groups is 2. The van der Waals surface area contributed by atoms with Crippen molar-refractivity contribution >= 4 is 27.5 Å². The van der Waals surface area contributed by atoms with E-state index in [0.717, 1.165) is 21.5 Å². The van der Waals surface area contributed by atoms with Gasteiger partial charge in [-0.25, -0.2) is 4.79 Å². The molecule has 0 heterocycles. The number of carbonyl (C=O) groups is 1. The van der Waals surface area contributed by atoms with Gasteiger partial charge in [0.2, 0.25) is 0 Å². The van der Waals surface area contributed by atoms with Crippen LogP contribution in [0.25, 0.3) is 21.5 Å². The lowest BCUT2D eigenvalue weighted by molar-refractivity contribution is -0.00602. The number of hydrogen-bond acceptors (Lipinski definition) is 4. The monoisotopic (exact) mass is 324 g/mol. The van der Waals surface area contributed by atoms with E-state index >= 15 is 0 Å². The first-order chi connectivity index (χ1) is 11.6. The molecular weight excluding hydrogens is 304 g/mol. The molecule has 0 fully saturated rings. The second kappa shape index (κ2) is 6.59. The summed E-state index contributed by atoms with van der Waals surface area (Å²) in [5, 5.41) is 22.3. The average Bonchev–Trinajstić information content (AvgIpc) is 2.63. The molecule has 4 heteroatoms. The lowest BCUT2D eigenvalue weighted by Gasteiger charge is -2.24. The van der Waals surface area contributed by atoms with Crippen molar-refractivity contribution in [3.63, 3.8) is 0 Å². The van der Waals surface area contributed by atoms with Crippen LogP contribution >= 0.6 is 0 Å². The summed E-state index contributed by atoms with van der Waals surface area (Å²) in [5.74, 6) is -0.448. The van der Waals surface area contributed by atoms with E-state index < -0.39 is 11.4 Å². The fraction of sp³-hybridized carbons (Fsp3) is 0.250. The van der Waals surface area contributed by atoms with Gasteiger partial charge in [-0.1, -0.05) is 55.5 Å². The fourth-order valence-corrected chi connectivity index (χ4v) is 2.69. The second-order valence-corrected chi connectivity index (χ2v) is 6.40. The second-order valence-electron chi connectivity index (χ2n) is 6.40. The minimum absolute atomic E-state index is 0.0453. The number of carbonyl (C=O) groups excluding carboxylic acids is 1. The summed E-state index contributed by atoms with van der Waals surface area (Å²) in [6, 6.07) is 17.4. The molecule has 4 nitrogen and oxygen atoms in total. The van der Waals surface area contributed by atoms with E-state index in [1.165, 1.54) is 0 Å². The van der Waals surface area contributed by atoms with E-state index in [0.29, 0.717) is 5.56 Å². The van der Waals surface area contributed by atoms with Gasteiger partial charge in [0, 0.05) is 5.41 Å². The highest BCUT2D eigenvalue weighted by Crippen LogP contribution is 2.29. The summed E-state index contributed by atoms with van der Waals surface area (Å²) in [7, 11) is 0. The predicted molar refractivity (Wildman–Crippen MR) is 94.0 cm³/mol. The summed E-state index contributed by atoms with van der Waals surface area (Å²) in [6.07, 6.45) is 0. The van der Waals surface area contributed by atoms with Crippen molar-refractivity contribution in [1.29, 1.82) is 0 Å².